The molecule has 2 rings (SSSR count). The molecule has 0 spiro atoms. The molecule has 0 amide bonds. The van der Waals surface area contributed by atoms with Crippen LogP contribution >= 0.6 is 11.3 Å². The van der Waals surface area contributed by atoms with Gasteiger partial charge >= 0.3 is 0 Å². The molecule has 0 aliphatic carbocycles. The fourth-order valence-electron chi connectivity index (χ4n) is 1.72. The van der Waals surface area contributed by atoms with Crippen LogP contribution in [0.2, 0.25) is 0 Å². The number of hydrogen-bond acceptors (Lipinski definition) is 5. The number of aromatic amines is 1. The molecule has 0 aromatic carbocycles. The Bertz CT molecular complexity index is 632. The second-order valence-electron chi connectivity index (χ2n) is 4.02. The van der Waals surface area contributed by atoms with E-state index in [1.807, 2.05) is 12.3 Å². The molecule has 2 aromatic heterocycles. The van der Waals surface area contributed by atoms with Crippen LogP contribution < -0.4 is 10.0 Å². The van der Waals surface area contributed by atoms with Gasteiger partial charge in [-0.25, -0.2) is 8.42 Å². The molecular weight excluding hydrogens is 284 g/mol. The first-order valence-electron chi connectivity index (χ1n) is 5.84. The number of thiophene rings is 1. The Morgan fingerprint density at radius 3 is 2.89 bits per heavy atom. The van der Waals surface area contributed by atoms with Crippen LogP contribution in [0, 0.1) is 6.92 Å². The number of anilines is 1. The van der Waals surface area contributed by atoms with Gasteiger partial charge in [0, 0.05) is 11.9 Å². The van der Waals surface area contributed by atoms with E-state index in [9.17, 15) is 8.42 Å². The molecule has 104 valence electrons. The van der Waals surface area contributed by atoms with Crippen molar-refractivity contribution in [2.45, 2.75) is 25.3 Å². The van der Waals surface area contributed by atoms with Crippen molar-refractivity contribution in [3.63, 3.8) is 0 Å². The molecule has 0 unspecified atom stereocenters. The Hall–Kier alpha value is -1.38. The van der Waals surface area contributed by atoms with Crippen molar-refractivity contribution in [3.8, 4) is 0 Å². The summed E-state index contributed by atoms with van der Waals surface area (Å²) in [5.74, 6) is 0. The van der Waals surface area contributed by atoms with Gasteiger partial charge in [-0.1, -0.05) is 6.92 Å². The molecule has 0 saturated heterocycles. The van der Waals surface area contributed by atoms with E-state index in [1.54, 1.807) is 18.4 Å². The number of H-pyrrole nitrogens is 1. The van der Waals surface area contributed by atoms with Crippen LogP contribution in [0.25, 0.3) is 0 Å². The highest BCUT2D eigenvalue weighted by atomic mass is 32.2. The topological polar surface area (TPSA) is 86.9 Å². The van der Waals surface area contributed by atoms with Gasteiger partial charge in [-0.3, -0.25) is 9.82 Å². The molecule has 0 saturated carbocycles. The maximum absolute atomic E-state index is 12.4. The molecule has 0 aliphatic rings. The van der Waals surface area contributed by atoms with Gasteiger partial charge in [0.15, 0.2) is 0 Å². The van der Waals surface area contributed by atoms with Gasteiger partial charge in [0.25, 0.3) is 10.0 Å². The number of aryl methyl sites for hydroxylation is 1. The predicted octanol–water partition coefficient (Wildman–Crippen LogP) is 1.69. The lowest BCUT2D eigenvalue weighted by molar-refractivity contribution is 0.597. The first-order valence-corrected chi connectivity index (χ1v) is 8.26. The standard InChI is InChI=1S/C11H16N4O2S2/c1-3-12-6-10-11(8(2)13-14-10)19(16,17)15-9-4-5-18-7-9/h4-5,7,12,15H,3,6H2,1-2H3,(H,13,14). The van der Waals surface area contributed by atoms with Crippen molar-refractivity contribution >= 4 is 27.0 Å². The SMILES string of the molecule is CCNCc1n[nH]c(C)c1S(=O)(=O)Nc1ccsc1. The van der Waals surface area contributed by atoms with E-state index < -0.39 is 10.0 Å². The highest BCUT2D eigenvalue weighted by molar-refractivity contribution is 7.92. The average molecular weight is 300 g/mol. The summed E-state index contributed by atoms with van der Waals surface area (Å²) in [5.41, 5.74) is 1.61. The van der Waals surface area contributed by atoms with Crippen molar-refractivity contribution < 1.29 is 8.42 Å². The van der Waals surface area contributed by atoms with Crippen molar-refractivity contribution in [1.82, 2.24) is 15.5 Å². The number of nitrogens with one attached hydrogen (secondary N) is 3. The summed E-state index contributed by atoms with van der Waals surface area (Å²) in [6.45, 7) is 4.83. The maximum atomic E-state index is 12.4. The minimum Gasteiger partial charge on any atom is -0.311 e. The predicted molar refractivity (Wildman–Crippen MR) is 75.8 cm³/mol. The van der Waals surface area contributed by atoms with Crippen LogP contribution in [-0.2, 0) is 16.6 Å². The fraction of sp³-hybridized carbons (Fsp3) is 0.364. The van der Waals surface area contributed by atoms with Gasteiger partial charge in [-0.2, -0.15) is 16.4 Å². The summed E-state index contributed by atoms with van der Waals surface area (Å²) in [4.78, 5) is 0.222. The van der Waals surface area contributed by atoms with Gasteiger partial charge in [0.05, 0.1) is 17.1 Å². The van der Waals surface area contributed by atoms with Crippen molar-refractivity contribution in [3.05, 3.63) is 28.2 Å². The van der Waals surface area contributed by atoms with Crippen LogP contribution in [-0.4, -0.2) is 25.2 Å². The highest BCUT2D eigenvalue weighted by Crippen LogP contribution is 2.22. The van der Waals surface area contributed by atoms with Crippen molar-refractivity contribution in [1.29, 1.82) is 0 Å². The molecule has 0 atom stereocenters. The Kier molecular flexibility index (Phi) is 4.23. The van der Waals surface area contributed by atoms with Crippen molar-refractivity contribution in [2.75, 3.05) is 11.3 Å². The van der Waals surface area contributed by atoms with E-state index >= 15 is 0 Å². The first-order chi connectivity index (χ1) is 9.04. The second-order valence-corrected chi connectivity index (χ2v) is 6.42. The van der Waals surface area contributed by atoms with Gasteiger partial charge < -0.3 is 5.32 Å². The number of sulfonamides is 1. The van der Waals surface area contributed by atoms with Crippen LogP contribution in [0.1, 0.15) is 18.3 Å². The Balaban J connectivity index is 2.31. The van der Waals surface area contributed by atoms with Crippen LogP contribution in [0.15, 0.2) is 21.7 Å². The van der Waals surface area contributed by atoms with Crippen LogP contribution in [0.5, 0.6) is 0 Å². The summed E-state index contributed by atoms with van der Waals surface area (Å²) in [5, 5.41) is 13.4. The average Bonchev–Trinajstić information content (AvgIpc) is 2.95. The zero-order valence-electron chi connectivity index (χ0n) is 10.7. The van der Waals surface area contributed by atoms with E-state index in [0.717, 1.165) is 6.54 Å². The second kappa shape index (κ2) is 5.72. The van der Waals surface area contributed by atoms with Gasteiger partial charge in [0.1, 0.15) is 4.90 Å². The highest BCUT2D eigenvalue weighted by Gasteiger charge is 2.24. The largest absolute Gasteiger partial charge is 0.311 e. The van der Waals surface area contributed by atoms with E-state index in [-0.39, 0.29) is 4.90 Å². The van der Waals surface area contributed by atoms with E-state index in [1.165, 1.54) is 11.3 Å². The quantitative estimate of drug-likeness (QED) is 0.757. The van der Waals surface area contributed by atoms with Gasteiger partial charge in [-0.15, -0.1) is 0 Å². The third kappa shape index (κ3) is 3.14. The van der Waals surface area contributed by atoms with E-state index in [2.05, 4.69) is 20.2 Å². The summed E-state index contributed by atoms with van der Waals surface area (Å²) in [7, 11) is -3.61. The lowest BCUT2D eigenvalue weighted by Gasteiger charge is -2.07. The maximum Gasteiger partial charge on any atom is 0.265 e. The van der Waals surface area contributed by atoms with Crippen LogP contribution in [0.4, 0.5) is 5.69 Å². The molecule has 6 nitrogen and oxygen atoms in total. The van der Waals surface area contributed by atoms with E-state index in [4.69, 9.17) is 0 Å². The smallest absolute Gasteiger partial charge is 0.265 e. The lowest BCUT2D eigenvalue weighted by atomic mass is 10.3. The molecule has 2 aromatic rings. The molecule has 2 heterocycles. The number of hydrogen-bond donors (Lipinski definition) is 3. The lowest BCUT2D eigenvalue weighted by Crippen LogP contribution is -2.18. The minimum absolute atomic E-state index is 0.222. The van der Waals surface area contributed by atoms with E-state index in [0.29, 0.717) is 23.6 Å². The normalized spacial score (nSPS) is 11.7. The van der Waals surface area contributed by atoms with Crippen LogP contribution in [0.3, 0.4) is 0 Å². The zero-order valence-corrected chi connectivity index (χ0v) is 12.4. The first kappa shape index (κ1) is 14.0. The fourth-order valence-corrected chi connectivity index (χ4v) is 3.80. The third-order valence-electron chi connectivity index (χ3n) is 2.55. The molecule has 0 aliphatic heterocycles. The minimum atomic E-state index is -3.61. The number of rotatable bonds is 6. The molecular formula is C11H16N4O2S2. The molecule has 3 N–H and O–H groups in total. The summed E-state index contributed by atoms with van der Waals surface area (Å²) in [6.07, 6.45) is 0. The third-order valence-corrected chi connectivity index (χ3v) is 4.81. The monoisotopic (exact) mass is 300 g/mol. The zero-order chi connectivity index (χ0) is 13.9. The molecule has 0 fully saturated rings. The van der Waals surface area contributed by atoms with Gasteiger partial charge in [0.2, 0.25) is 0 Å². The molecule has 0 bridgehead atoms. The summed E-state index contributed by atoms with van der Waals surface area (Å²) >= 11 is 1.44. The number of nitrogens with zero attached hydrogens (tertiary/aromatic N) is 1. The summed E-state index contributed by atoms with van der Waals surface area (Å²) < 4.78 is 27.3. The Morgan fingerprint density at radius 1 is 1.47 bits per heavy atom. The molecule has 8 heteroatoms. The molecule has 0 radical (unpaired) electrons. The number of aromatic nitrogens is 2. The summed E-state index contributed by atoms with van der Waals surface area (Å²) in [6, 6.07) is 1.72. The Labute approximate surface area is 116 Å². The van der Waals surface area contributed by atoms with Gasteiger partial charge in [-0.05, 0) is 24.9 Å². The Morgan fingerprint density at radius 2 is 2.26 bits per heavy atom. The molecule has 19 heavy (non-hydrogen) atoms. The van der Waals surface area contributed by atoms with Crippen molar-refractivity contribution in [2.24, 2.45) is 0 Å².